The summed E-state index contributed by atoms with van der Waals surface area (Å²) in [7, 11) is 0. The van der Waals surface area contributed by atoms with Gasteiger partial charge in [-0.05, 0) is 55.0 Å². The molecule has 168 valence electrons. The number of benzene rings is 3. The Labute approximate surface area is 210 Å². The average Bonchev–Trinajstić information content (AvgIpc) is 3.24. The largest absolute Gasteiger partial charge is 0.479 e. The molecule has 0 fully saturated rings. The number of thiazole rings is 1. The molecule has 1 unspecified atom stereocenters. The van der Waals surface area contributed by atoms with Gasteiger partial charge in [-0.2, -0.15) is 0 Å². The third-order valence-electron chi connectivity index (χ3n) is 4.75. The van der Waals surface area contributed by atoms with E-state index >= 15 is 0 Å². The minimum atomic E-state index is -0.795. The van der Waals surface area contributed by atoms with Crippen molar-refractivity contribution in [3.63, 3.8) is 0 Å². The van der Waals surface area contributed by atoms with Crippen LogP contribution in [0.3, 0.4) is 0 Å². The molecule has 1 aromatic heterocycles. The molecule has 0 saturated carbocycles. The Hall–Kier alpha value is -2.71. The van der Waals surface area contributed by atoms with Crippen LogP contribution in [0.25, 0.3) is 20.8 Å². The van der Waals surface area contributed by atoms with Gasteiger partial charge >= 0.3 is 0 Å². The molecule has 0 bridgehead atoms. The van der Waals surface area contributed by atoms with E-state index in [9.17, 15) is 4.79 Å². The maximum Gasteiger partial charge on any atom is 0.266 e. The summed E-state index contributed by atoms with van der Waals surface area (Å²) in [5.74, 6) is -0.0134. The standard InChI is InChI=1S/C24H19Cl2N3O2S2/c1-14(31-20-11-10-17(25)12-18(20)26)22(30)29-24(32)27-13-15-6-8-16(9-7-15)23-28-19-4-2-3-5-21(19)33-23/h2-12,14H,13H2,1H3,(H2,27,29,30,32). The first-order valence-electron chi connectivity index (χ1n) is 10.0. The fraction of sp³-hybridized carbons (Fsp3) is 0.125. The number of fused-ring (bicyclic) bond motifs is 1. The Bertz CT molecular complexity index is 1280. The van der Waals surface area contributed by atoms with Gasteiger partial charge in [-0.15, -0.1) is 11.3 Å². The minimum Gasteiger partial charge on any atom is -0.479 e. The Morgan fingerprint density at radius 3 is 2.61 bits per heavy atom. The maximum atomic E-state index is 12.4. The second kappa shape index (κ2) is 10.5. The molecule has 0 aliphatic rings. The molecule has 1 amide bonds. The molecule has 4 aromatic rings. The molecule has 4 rings (SSSR count). The van der Waals surface area contributed by atoms with E-state index in [1.54, 1.807) is 36.5 Å². The van der Waals surface area contributed by atoms with E-state index in [0.29, 0.717) is 22.3 Å². The van der Waals surface area contributed by atoms with Gasteiger partial charge < -0.3 is 10.1 Å². The van der Waals surface area contributed by atoms with Crippen molar-refractivity contribution in [2.24, 2.45) is 0 Å². The monoisotopic (exact) mass is 515 g/mol. The van der Waals surface area contributed by atoms with Crippen molar-refractivity contribution in [2.45, 2.75) is 19.6 Å². The average molecular weight is 516 g/mol. The van der Waals surface area contributed by atoms with Crippen molar-refractivity contribution >= 4 is 68.0 Å². The Kier molecular flexibility index (Phi) is 7.45. The van der Waals surface area contributed by atoms with Gasteiger partial charge in [0.15, 0.2) is 11.2 Å². The second-order valence-corrected chi connectivity index (χ2v) is 9.47. The van der Waals surface area contributed by atoms with E-state index in [0.717, 1.165) is 26.4 Å². The van der Waals surface area contributed by atoms with Crippen LogP contribution in [0.1, 0.15) is 12.5 Å². The lowest BCUT2D eigenvalue weighted by atomic mass is 10.1. The number of nitrogens with one attached hydrogen (secondary N) is 2. The van der Waals surface area contributed by atoms with E-state index in [4.69, 9.17) is 40.2 Å². The highest BCUT2D eigenvalue weighted by Crippen LogP contribution is 2.30. The number of nitrogens with zero attached hydrogens (tertiary/aromatic N) is 1. The van der Waals surface area contributed by atoms with Crippen LogP contribution in [0.2, 0.25) is 10.0 Å². The van der Waals surface area contributed by atoms with Crippen molar-refractivity contribution in [1.29, 1.82) is 0 Å². The first kappa shape index (κ1) is 23.4. The number of ether oxygens (including phenoxy) is 1. The summed E-state index contributed by atoms with van der Waals surface area (Å²) in [4.78, 5) is 17.1. The first-order valence-corrected chi connectivity index (χ1v) is 12.0. The fourth-order valence-electron chi connectivity index (χ4n) is 3.02. The van der Waals surface area contributed by atoms with Crippen LogP contribution in [-0.2, 0) is 11.3 Å². The van der Waals surface area contributed by atoms with Crippen LogP contribution in [0.5, 0.6) is 5.75 Å². The zero-order chi connectivity index (χ0) is 23.4. The van der Waals surface area contributed by atoms with Crippen molar-refractivity contribution < 1.29 is 9.53 Å². The molecule has 3 aromatic carbocycles. The third kappa shape index (κ3) is 6.00. The number of carbonyl (C=O) groups is 1. The number of aromatic nitrogens is 1. The summed E-state index contributed by atoms with van der Waals surface area (Å²) in [6.07, 6.45) is -0.795. The van der Waals surface area contributed by atoms with Crippen LogP contribution >= 0.6 is 46.8 Å². The molecule has 0 aliphatic heterocycles. The second-order valence-electron chi connectivity index (χ2n) is 7.19. The van der Waals surface area contributed by atoms with Gasteiger partial charge in [-0.25, -0.2) is 4.98 Å². The van der Waals surface area contributed by atoms with Gasteiger partial charge in [0.25, 0.3) is 5.91 Å². The lowest BCUT2D eigenvalue weighted by Gasteiger charge is -2.16. The number of carbonyl (C=O) groups excluding carboxylic acids is 1. The smallest absolute Gasteiger partial charge is 0.266 e. The van der Waals surface area contributed by atoms with Crippen LogP contribution in [0.4, 0.5) is 0 Å². The highest BCUT2D eigenvalue weighted by Gasteiger charge is 2.17. The van der Waals surface area contributed by atoms with E-state index in [2.05, 4.69) is 21.7 Å². The number of rotatable bonds is 6. The number of thiocarbonyl (C=S) groups is 1. The van der Waals surface area contributed by atoms with Crippen molar-refractivity contribution in [1.82, 2.24) is 15.6 Å². The van der Waals surface area contributed by atoms with Crippen LogP contribution in [-0.4, -0.2) is 22.1 Å². The predicted octanol–water partition coefficient (Wildman–Crippen LogP) is 6.23. The zero-order valence-electron chi connectivity index (χ0n) is 17.5. The van der Waals surface area contributed by atoms with Gasteiger partial charge in [-0.3, -0.25) is 10.1 Å². The Morgan fingerprint density at radius 1 is 1.12 bits per heavy atom. The molecule has 0 saturated heterocycles. The third-order valence-corrected chi connectivity index (χ3v) is 6.61. The number of amides is 1. The molecule has 1 atom stereocenters. The molecular weight excluding hydrogens is 497 g/mol. The van der Waals surface area contributed by atoms with Crippen molar-refractivity contribution in [3.8, 4) is 16.3 Å². The number of halogens is 2. The van der Waals surface area contributed by atoms with Crippen LogP contribution in [0, 0.1) is 0 Å². The zero-order valence-corrected chi connectivity index (χ0v) is 20.6. The number of para-hydroxylation sites is 1. The summed E-state index contributed by atoms with van der Waals surface area (Å²) in [5, 5.41) is 7.68. The molecule has 1 heterocycles. The summed E-state index contributed by atoms with van der Waals surface area (Å²) in [5.41, 5.74) is 3.08. The fourth-order valence-corrected chi connectivity index (χ4v) is 4.61. The minimum absolute atomic E-state index is 0.216. The van der Waals surface area contributed by atoms with Gasteiger partial charge in [0.2, 0.25) is 0 Å². The summed E-state index contributed by atoms with van der Waals surface area (Å²) in [6.45, 7) is 2.08. The molecule has 0 aliphatic carbocycles. The first-order chi connectivity index (χ1) is 15.9. The van der Waals surface area contributed by atoms with Crippen molar-refractivity contribution in [2.75, 3.05) is 0 Å². The lowest BCUT2D eigenvalue weighted by molar-refractivity contribution is -0.125. The highest BCUT2D eigenvalue weighted by molar-refractivity contribution is 7.80. The van der Waals surface area contributed by atoms with Crippen molar-refractivity contribution in [3.05, 3.63) is 82.3 Å². The van der Waals surface area contributed by atoms with Gasteiger partial charge in [0.1, 0.15) is 10.8 Å². The van der Waals surface area contributed by atoms with Gasteiger partial charge in [0.05, 0.1) is 15.2 Å². The number of hydrogen-bond acceptors (Lipinski definition) is 5. The SMILES string of the molecule is CC(Oc1ccc(Cl)cc1Cl)C(=O)NC(=S)NCc1ccc(-c2nc3ccccc3s2)cc1. The Balaban J connectivity index is 1.28. The summed E-state index contributed by atoms with van der Waals surface area (Å²) < 4.78 is 6.77. The molecule has 2 N–H and O–H groups in total. The topological polar surface area (TPSA) is 63.2 Å². The molecule has 33 heavy (non-hydrogen) atoms. The number of hydrogen-bond donors (Lipinski definition) is 2. The van der Waals surface area contributed by atoms with E-state index in [1.165, 1.54) is 0 Å². The molecule has 0 spiro atoms. The Morgan fingerprint density at radius 2 is 1.88 bits per heavy atom. The molecular formula is C24H19Cl2N3O2S2. The highest BCUT2D eigenvalue weighted by atomic mass is 35.5. The molecule has 0 radical (unpaired) electrons. The van der Waals surface area contributed by atoms with Gasteiger partial charge in [0, 0.05) is 17.1 Å². The van der Waals surface area contributed by atoms with E-state index < -0.39 is 6.10 Å². The lowest BCUT2D eigenvalue weighted by Crippen LogP contribution is -2.44. The van der Waals surface area contributed by atoms with Crippen LogP contribution in [0.15, 0.2) is 66.7 Å². The molecule has 5 nitrogen and oxygen atoms in total. The maximum absolute atomic E-state index is 12.4. The summed E-state index contributed by atoms with van der Waals surface area (Å²) in [6, 6.07) is 21.0. The van der Waals surface area contributed by atoms with E-state index in [1.807, 2.05) is 42.5 Å². The predicted molar refractivity (Wildman–Crippen MR) is 139 cm³/mol. The van der Waals surface area contributed by atoms with E-state index in [-0.39, 0.29) is 11.0 Å². The normalized spacial score (nSPS) is 11.7. The molecule has 9 heteroatoms. The summed E-state index contributed by atoms with van der Waals surface area (Å²) >= 11 is 18.9. The quantitative estimate of drug-likeness (QED) is 0.298. The van der Waals surface area contributed by atoms with Crippen LogP contribution < -0.4 is 15.4 Å². The van der Waals surface area contributed by atoms with Gasteiger partial charge in [-0.1, -0.05) is 59.6 Å².